The molecule has 0 bridgehead atoms. The van der Waals surface area contributed by atoms with Gasteiger partial charge >= 0.3 is 0 Å². The van der Waals surface area contributed by atoms with Gasteiger partial charge in [0.15, 0.2) is 5.65 Å². The van der Waals surface area contributed by atoms with Crippen LogP contribution in [-0.4, -0.2) is 26.7 Å². The van der Waals surface area contributed by atoms with Gasteiger partial charge in [0.25, 0.3) is 0 Å². The van der Waals surface area contributed by atoms with Crippen molar-refractivity contribution in [3.63, 3.8) is 0 Å². The highest BCUT2D eigenvalue weighted by Gasteiger charge is 2.22. The Morgan fingerprint density at radius 1 is 1.22 bits per heavy atom. The number of benzene rings is 1. The Morgan fingerprint density at radius 2 is 2.13 bits per heavy atom. The fraction of sp³-hybridized carbons (Fsp3) is 0.333. The zero-order valence-electron chi connectivity index (χ0n) is 13.2. The van der Waals surface area contributed by atoms with Gasteiger partial charge in [-0.05, 0) is 32.3 Å². The van der Waals surface area contributed by atoms with Crippen molar-refractivity contribution in [2.45, 2.75) is 38.3 Å². The Bertz CT molecular complexity index is 838. The lowest BCUT2D eigenvalue weighted by molar-refractivity contribution is 0.684. The SMILES string of the molecule is Cc1cccc(-c2cc(N[C@H]3CC[C@H](N)C3)n3nccc3n2)c1. The number of aromatic nitrogens is 3. The number of hydrogen-bond donors (Lipinski definition) is 2. The van der Waals surface area contributed by atoms with Crippen LogP contribution >= 0.6 is 0 Å². The molecule has 0 unspecified atom stereocenters. The van der Waals surface area contributed by atoms with Crippen LogP contribution < -0.4 is 11.1 Å². The lowest BCUT2D eigenvalue weighted by atomic mass is 10.1. The Kier molecular flexibility index (Phi) is 3.50. The van der Waals surface area contributed by atoms with Gasteiger partial charge in [-0.3, -0.25) is 0 Å². The highest BCUT2D eigenvalue weighted by atomic mass is 15.3. The third-order valence-electron chi connectivity index (χ3n) is 4.50. The Hall–Kier alpha value is -2.40. The zero-order chi connectivity index (χ0) is 15.8. The molecule has 1 aromatic carbocycles. The summed E-state index contributed by atoms with van der Waals surface area (Å²) in [5, 5.41) is 8.00. The van der Waals surface area contributed by atoms with Crippen molar-refractivity contribution < 1.29 is 0 Å². The van der Waals surface area contributed by atoms with Crippen LogP contribution in [-0.2, 0) is 0 Å². The monoisotopic (exact) mass is 307 g/mol. The van der Waals surface area contributed by atoms with E-state index < -0.39 is 0 Å². The smallest absolute Gasteiger partial charge is 0.157 e. The van der Waals surface area contributed by atoms with Crippen molar-refractivity contribution in [3.8, 4) is 11.3 Å². The van der Waals surface area contributed by atoms with Gasteiger partial charge in [0.2, 0.25) is 0 Å². The molecule has 2 atom stereocenters. The Morgan fingerprint density at radius 3 is 2.91 bits per heavy atom. The van der Waals surface area contributed by atoms with E-state index in [9.17, 15) is 0 Å². The molecule has 5 nitrogen and oxygen atoms in total. The molecule has 0 radical (unpaired) electrons. The summed E-state index contributed by atoms with van der Waals surface area (Å²) in [6.45, 7) is 2.10. The lowest BCUT2D eigenvalue weighted by Gasteiger charge is -2.16. The topological polar surface area (TPSA) is 68.2 Å². The summed E-state index contributed by atoms with van der Waals surface area (Å²) in [6, 6.07) is 13.1. The van der Waals surface area contributed by atoms with Gasteiger partial charge in [-0.1, -0.05) is 23.8 Å². The first kappa shape index (κ1) is 14.2. The zero-order valence-corrected chi connectivity index (χ0v) is 13.2. The molecule has 3 aromatic rings. The third-order valence-corrected chi connectivity index (χ3v) is 4.50. The van der Waals surface area contributed by atoms with Crippen LogP contribution in [0.15, 0.2) is 42.6 Å². The predicted octanol–water partition coefficient (Wildman–Crippen LogP) is 3.00. The van der Waals surface area contributed by atoms with E-state index in [4.69, 9.17) is 10.7 Å². The molecule has 2 heterocycles. The number of anilines is 1. The van der Waals surface area contributed by atoms with E-state index in [1.807, 2.05) is 10.6 Å². The van der Waals surface area contributed by atoms with E-state index in [2.05, 4.69) is 47.7 Å². The molecule has 23 heavy (non-hydrogen) atoms. The van der Waals surface area contributed by atoms with Crippen LogP contribution in [0.3, 0.4) is 0 Å². The summed E-state index contributed by atoms with van der Waals surface area (Å²) in [4.78, 5) is 4.73. The minimum absolute atomic E-state index is 0.304. The quantitative estimate of drug-likeness (QED) is 0.780. The van der Waals surface area contributed by atoms with Crippen molar-refractivity contribution in [1.82, 2.24) is 14.6 Å². The van der Waals surface area contributed by atoms with Gasteiger partial charge in [-0.25, -0.2) is 4.98 Å². The summed E-state index contributed by atoms with van der Waals surface area (Å²) in [5.74, 6) is 0.982. The fourth-order valence-electron chi connectivity index (χ4n) is 3.32. The maximum Gasteiger partial charge on any atom is 0.157 e. The number of nitrogens with one attached hydrogen (secondary N) is 1. The summed E-state index contributed by atoms with van der Waals surface area (Å²) < 4.78 is 1.86. The highest BCUT2D eigenvalue weighted by molar-refractivity contribution is 5.67. The number of rotatable bonds is 3. The van der Waals surface area contributed by atoms with Gasteiger partial charge < -0.3 is 11.1 Å². The maximum atomic E-state index is 6.03. The van der Waals surface area contributed by atoms with Crippen molar-refractivity contribution in [3.05, 3.63) is 48.2 Å². The largest absolute Gasteiger partial charge is 0.367 e. The Labute approximate surface area is 135 Å². The molecule has 0 spiro atoms. The first-order valence-electron chi connectivity index (χ1n) is 8.13. The normalized spacial score (nSPS) is 21.0. The highest BCUT2D eigenvalue weighted by Crippen LogP contribution is 2.26. The van der Waals surface area contributed by atoms with E-state index in [-0.39, 0.29) is 0 Å². The summed E-state index contributed by atoms with van der Waals surface area (Å²) in [7, 11) is 0. The van der Waals surface area contributed by atoms with Crippen molar-refractivity contribution >= 4 is 11.5 Å². The average molecular weight is 307 g/mol. The molecular weight excluding hydrogens is 286 g/mol. The fourth-order valence-corrected chi connectivity index (χ4v) is 3.32. The summed E-state index contributed by atoms with van der Waals surface area (Å²) in [6.07, 6.45) is 4.97. The van der Waals surface area contributed by atoms with Crippen molar-refractivity contribution in [2.75, 3.05) is 5.32 Å². The van der Waals surface area contributed by atoms with E-state index in [0.717, 1.165) is 42.0 Å². The third kappa shape index (κ3) is 2.80. The van der Waals surface area contributed by atoms with E-state index in [0.29, 0.717) is 12.1 Å². The molecule has 4 rings (SSSR count). The van der Waals surface area contributed by atoms with Gasteiger partial charge in [-0.15, -0.1) is 0 Å². The molecule has 1 fully saturated rings. The molecule has 1 saturated carbocycles. The number of aryl methyl sites for hydroxylation is 1. The molecular formula is C18H21N5. The molecule has 1 aliphatic rings. The van der Waals surface area contributed by atoms with Crippen LogP contribution in [0, 0.1) is 6.92 Å². The number of hydrogen-bond acceptors (Lipinski definition) is 4. The molecule has 0 saturated heterocycles. The molecule has 0 aliphatic heterocycles. The molecule has 5 heteroatoms. The first-order valence-corrected chi connectivity index (χ1v) is 8.13. The average Bonchev–Trinajstić information content (AvgIpc) is 3.16. The maximum absolute atomic E-state index is 6.03. The molecule has 1 aliphatic carbocycles. The van der Waals surface area contributed by atoms with Crippen LogP contribution in [0.2, 0.25) is 0 Å². The van der Waals surface area contributed by atoms with Crippen LogP contribution in [0.5, 0.6) is 0 Å². The van der Waals surface area contributed by atoms with E-state index in [1.54, 1.807) is 6.20 Å². The number of nitrogens with two attached hydrogens (primary N) is 1. The molecule has 118 valence electrons. The number of nitrogens with zero attached hydrogens (tertiary/aromatic N) is 3. The molecule has 2 aromatic heterocycles. The number of fused-ring (bicyclic) bond motifs is 1. The van der Waals surface area contributed by atoms with E-state index in [1.165, 1.54) is 5.56 Å². The van der Waals surface area contributed by atoms with E-state index >= 15 is 0 Å². The van der Waals surface area contributed by atoms with Crippen LogP contribution in [0.25, 0.3) is 16.9 Å². The first-order chi connectivity index (χ1) is 11.2. The minimum Gasteiger partial charge on any atom is -0.367 e. The second-order valence-corrected chi connectivity index (χ2v) is 6.41. The van der Waals surface area contributed by atoms with Crippen LogP contribution in [0.1, 0.15) is 24.8 Å². The van der Waals surface area contributed by atoms with Crippen molar-refractivity contribution in [1.29, 1.82) is 0 Å². The Balaban J connectivity index is 1.75. The van der Waals surface area contributed by atoms with Gasteiger partial charge in [0.05, 0.1) is 11.9 Å². The summed E-state index contributed by atoms with van der Waals surface area (Å²) in [5.41, 5.74) is 10.2. The lowest BCUT2D eigenvalue weighted by Crippen LogP contribution is -2.22. The van der Waals surface area contributed by atoms with Gasteiger partial charge in [-0.2, -0.15) is 9.61 Å². The predicted molar refractivity (Wildman–Crippen MR) is 92.4 cm³/mol. The van der Waals surface area contributed by atoms with Crippen molar-refractivity contribution in [2.24, 2.45) is 5.73 Å². The van der Waals surface area contributed by atoms with Gasteiger partial charge in [0, 0.05) is 29.8 Å². The molecule has 0 amide bonds. The molecule has 3 N–H and O–H groups in total. The van der Waals surface area contributed by atoms with Gasteiger partial charge in [0.1, 0.15) is 5.82 Å². The minimum atomic E-state index is 0.304. The standard InChI is InChI=1S/C18H21N5/c1-12-3-2-4-13(9-12)16-11-18(21-15-6-5-14(19)10-15)23-17(22-16)7-8-20-23/h2-4,7-9,11,14-15,21H,5-6,10,19H2,1H3/t14-,15-/m0/s1. The van der Waals surface area contributed by atoms with Crippen LogP contribution in [0.4, 0.5) is 5.82 Å². The second kappa shape index (κ2) is 5.66. The second-order valence-electron chi connectivity index (χ2n) is 6.41. The summed E-state index contributed by atoms with van der Waals surface area (Å²) >= 11 is 0.